The SMILES string of the molecule is CC(C)C.CNCC(O)C(Cc1ccccc1)NC(=O)C(CN(C)c1cccc(C(F)(F)F)c1)OC=O. The quantitative estimate of drug-likeness (QED) is 0.367. The fraction of sp³-hybridized carbons (Fsp3) is 0.481. The molecule has 3 unspecified atom stereocenters. The van der Waals surface area contributed by atoms with Gasteiger partial charge in [-0.3, -0.25) is 9.59 Å². The van der Waals surface area contributed by atoms with E-state index in [4.69, 9.17) is 4.74 Å². The average Bonchev–Trinajstić information content (AvgIpc) is 2.83. The third kappa shape index (κ3) is 12.1. The van der Waals surface area contributed by atoms with Crippen molar-refractivity contribution in [1.29, 1.82) is 0 Å². The van der Waals surface area contributed by atoms with Crippen molar-refractivity contribution in [3.05, 3.63) is 65.7 Å². The first-order valence-corrected chi connectivity index (χ1v) is 12.0. The fourth-order valence-corrected chi connectivity index (χ4v) is 3.31. The molecule has 206 valence electrons. The maximum atomic E-state index is 13.0. The second kappa shape index (κ2) is 15.9. The van der Waals surface area contributed by atoms with Crippen LogP contribution in [0.2, 0.25) is 0 Å². The second-order valence-corrected chi connectivity index (χ2v) is 9.31. The maximum absolute atomic E-state index is 13.0. The summed E-state index contributed by atoms with van der Waals surface area (Å²) in [5.74, 6) is 0.164. The van der Waals surface area contributed by atoms with Crippen LogP contribution < -0.4 is 15.5 Å². The molecule has 2 aromatic rings. The van der Waals surface area contributed by atoms with Crippen LogP contribution >= 0.6 is 0 Å². The first-order chi connectivity index (χ1) is 17.4. The number of hydrogen-bond acceptors (Lipinski definition) is 6. The van der Waals surface area contributed by atoms with Gasteiger partial charge in [-0.1, -0.05) is 57.2 Å². The summed E-state index contributed by atoms with van der Waals surface area (Å²) in [6.07, 6.45) is -6.42. The van der Waals surface area contributed by atoms with Crippen molar-refractivity contribution in [3.63, 3.8) is 0 Å². The van der Waals surface area contributed by atoms with Gasteiger partial charge in [0.25, 0.3) is 12.4 Å². The van der Waals surface area contributed by atoms with Crippen LogP contribution in [0.1, 0.15) is 31.9 Å². The van der Waals surface area contributed by atoms with E-state index in [9.17, 15) is 27.9 Å². The molecule has 3 N–H and O–H groups in total. The molecule has 3 atom stereocenters. The van der Waals surface area contributed by atoms with E-state index in [0.717, 1.165) is 23.6 Å². The highest BCUT2D eigenvalue weighted by Crippen LogP contribution is 2.31. The number of nitrogens with zero attached hydrogens (tertiary/aromatic N) is 1. The Bertz CT molecular complexity index is 939. The van der Waals surface area contributed by atoms with Gasteiger partial charge in [-0.05, 0) is 43.1 Å². The Balaban J connectivity index is 0.00000159. The number of likely N-dealkylation sites (N-methyl/N-ethyl adjacent to an activating group) is 2. The van der Waals surface area contributed by atoms with E-state index >= 15 is 0 Å². The number of rotatable bonds is 12. The minimum absolute atomic E-state index is 0.112. The number of carbonyl (C=O) groups is 2. The highest BCUT2D eigenvalue weighted by molar-refractivity contribution is 5.83. The zero-order valence-electron chi connectivity index (χ0n) is 22.0. The molecule has 0 aliphatic rings. The summed E-state index contributed by atoms with van der Waals surface area (Å²) in [4.78, 5) is 25.3. The van der Waals surface area contributed by atoms with Crippen molar-refractivity contribution in [2.75, 3.05) is 32.1 Å². The van der Waals surface area contributed by atoms with E-state index in [2.05, 4.69) is 31.4 Å². The molecule has 0 saturated heterocycles. The maximum Gasteiger partial charge on any atom is 0.416 e. The molecule has 7 nitrogen and oxygen atoms in total. The highest BCUT2D eigenvalue weighted by atomic mass is 19.4. The summed E-state index contributed by atoms with van der Waals surface area (Å²) in [7, 11) is 3.15. The fourth-order valence-electron chi connectivity index (χ4n) is 3.31. The number of ether oxygens (including phenoxy) is 1. The van der Waals surface area contributed by atoms with Crippen molar-refractivity contribution in [2.24, 2.45) is 5.92 Å². The van der Waals surface area contributed by atoms with Crippen molar-refractivity contribution in [1.82, 2.24) is 10.6 Å². The largest absolute Gasteiger partial charge is 0.453 e. The summed E-state index contributed by atoms with van der Waals surface area (Å²) in [5.41, 5.74) is 0.252. The molecule has 1 amide bonds. The minimum atomic E-state index is -4.51. The Kier molecular flexibility index (Phi) is 13.7. The van der Waals surface area contributed by atoms with Crippen molar-refractivity contribution in [2.45, 2.75) is 51.6 Å². The van der Waals surface area contributed by atoms with Crippen LogP contribution in [-0.2, 0) is 26.9 Å². The average molecular weight is 526 g/mol. The summed E-state index contributed by atoms with van der Waals surface area (Å²) in [5, 5.41) is 16.0. The van der Waals surface area contributed by atoms with Crippen LogP contribution in [0.15, 0.2) is 54.6 Å². The number of halogens is 3. The summed E-state index contributed by atoms with van der Waals surface area (Å²) >= 11 is 0. The topological polar surface area (TPSA) is 90.9 Å². The molecule has 2 rings (SSSR count). The summed E-state index contributed by atoms with van der Waals surface area (Å²) in [6, 6.07) is 13.1. The van der Waals surface area contributed by atoms with Gasteiger partial charge in [0.15, 0.2) is 6.10 Å². The number of alkyl halides is 3. The van der Waals surface area contributed by atoms with E-state index in [1.54, 1.807) is 7.05 Å². The zero-order chi connectivity index (χ0) is 28.0. The summed E-state index contributed by atoms with van der Waals surface area (Å²) < 4.78 is 44.0. The van der Waals surface area contributed by atoms with Crippen molar-refractivity contribution < 1.29 is 32.6 Å². The van der Waals surface area contributed by atoms with Gasteiger partial charge in [-0.25, -0.2) is 0 Å². The van der Waals surface area contributed by atoms with Crippen LogP contribution in [-0.4, -0.2) is 62.9 Å². The van der Waals surface area contributed by atoms with Crippen LogP contribution in [0.25, 0.3) is 0 Å². The molecule has 0 heterocycles. The number of benzene rings is 2. The van der Waals surface area contributed by atoms with Gasteiger partial charge in [0.2, 0.25) is 0 Å². The third-order valence-electron chi connectivity index (χ3n) is 5.07. The van der Waals surface area contributed by atoms with Crippen LogP contribution in [0.4, 0.5) is 18.9 Å². The lowest BCUT2D eigenvalue weighted by Crippen LogP contribution is -2.53. The molecule has 0 aliphatic carbocycles. The lowest BCUT2D eigenvalue weighted by Gasteiger charge is -2.28. The van der Waals surface area contributed by atoms with Crippen LogP contribution in [0.3, 0.4) is 0 Å². The molecular formula is C27H38F3N3O4. The molecule has 37 heavy (non-hydrogen) atoms. The van der Waals surface area contributed by atoms with E-state index in [1.165, 1.54) is 24.1 Å². The Morgan fingerprint density at radius 2 is 1.73 bits per heavy atom. The number of nitrogens with one attached hydrogen (secondary N) is 2. The van der Waals surface area contributed by atoms with Gasteiger partial charge in [0.05, 0.1) is 24.3 Å². The van der Waals surface area contributed by atoms with E-state index in [1.807, 2.05) is 30.3 Å². The number of amides is 1. The number of aliphatic hydroxyl groups excluding tert-OH is 1. The van der Waals surface area contributed by atoms with Gasteiger partial charge in [-0.15, -0.1) is 0 Å². The van der Waals surface area contributed by atoms with Crippen LogP contribution in [0.5, 0.6) is 0 Å². The van der Waals surface area contributed by atoms with E-state index < -0.39 is 35.9 Å². The van der Waals surface area contributed by atoms with Gasteiger partial charge in [0, 0.05) is 19.3 Å². The van der Waals surface area contributed by atoms with E-state index in [0.29, 0.717) is 6.42 Å². The van der Waals surface area contributed by atoms with Gasteiger partial charge in [-0.2, -0.15) is 13.2 Å². The molecular weight excluding hydrogens is 487 g/mol. The number of hydrogen-bond donors (Lipinski definition) is 3. The van der Waals surface area contributed by atoms with Gasteiger partial charge >= 0.3 is 6.18 Å². The number of aliphatic hydroxyl groups is 1. The molecule has 2 aromatic carbocycles. The number of anilines is 1. The minimum Gasteiger partial charge on any atom is -0.453 e. The molecule has 0 bridgehead atoms. The molecule has 0 saturated carbocycles. The smallest absolute Gasteiger partial charge is 0.416 e. The Morgan fingerprint density at radius 3 is 2.27 bits per heavy atom. The first kappa shape index (κ1) is 31.9. The molecule has 0 spiro atoms. The number of carbonyl (C=O) groups excluding carboxylic acids is 2. The molecule has 10 heteroatoms. The predicted molar refractivity (Wildman–Crippen MR) is 138 cm³/mol. The van der Waals surface area contributed by atoms with Crippen molar-refractivity contribution in [3.8, 4) is 0 Å². The van der Waals surface area contributed by atoms with Gasteiger partial charge in [0.1, 0.15) is 0 Å². The lowest BCUT2D eigenvalue weighted by molar-refractivity contribution is -0.145. The Labute approximate surface area is 217 Å². The molecule has 0 aliphatic heterocycles. The van der Waals surface area contributed by atoms with Crippen LogP contribution in [0, 0.1) is 5.92 Å². The molecule has 0 aromatic heterocycles. The predicted octanol–water partition coefficient (Wildman–Crippen LogP) is 3.65. The van der Waals surface area contributed by atoms with E-state index in [-0.39, 0.29) is 25.2 Å². The summed E-state index contributed by atoms with van der Waals surface area (Å²) in [6.45, 7) is 6.63. The second-order valence-electron chi connectivity index (χ2n) is 9.31. The standard InChI is InChI=1S/C23H28F3N3O4.C4H10/c1-27-13-20(31)19(11-16-7-4-3-5-8-16)28-22(32)21(33-15-30)14-29(2)18-10-6-9-17(12-18)23(24,25)26;1-4(2)3/h3-10,12,15,19-21,27,31H,11,13-14H2,1-2H3,(H,28,32);4H,1-3H3. The van der Waals surface area contributed by atoms with Gasteiger partial charge < -0.3 is 25.4 Å². The Morgan fingerprint density at radius 1 is 1.11 bits per heavy atom. The normalized spacial score (nSPS) is 13.6. The lowest BCUT2D eigenvalue weighted by atomic mass is 10.0. The van der Waals surface area contributed by atoms with Crippen molar-refractivity contribution >= 4 is 18.1 Å². The highest BCUT2D eigenvalue weighted by Gasteiger charge is 2.31. The Hall–Kier alpha value is -3.11. The first-order valence-electron chi connectivity index (χ1n) is 12.0. The zero-order valence-corrected chi connectivity index (χ0v) is 22.0. The monoisotopic (exact) mass is 525 g/mol. The molecule has 0 radical (unpaired) electrons. The third-order valence-corrected chi connectivity index (χ3v) is 5.07. The molecule has 0 fully saturated rings.